The molecule has 162 valence electrons. The number of carbonyl (C=O) groups excluding carboxylic acids is 2. The van der Waals surface area contributed by atoms with E-state index >= 15 is 0 Å². The summed E-state index contributed by atoms with van der Waals surface area (Å²) < 4.78 is 0. The molecule has 1 atom stereocenters. The molecule has 6 nitrogen and oxygen atoms in total. The summed E-state index contributed by atoms with van der Waals surface area (Å²) in [6.07, 6.45) is 4.85. The summed E-state index contributed by atoms with van der Waals surface area (Å²) in [5.41, 5.74) is 3.05. The van der Waals surface area contributed by atoms with Gasteiger partial charge < -0.3 is 15.5 Å². The van der Waals surface area contributed by atoms with Crippen LogP contribution in [-0.4, -0.2) is 30.9 Å². The zero-order valence-corrected chi connectivity index (χ0v) is 19.0. The summed E-state index contributed by atoms with van der Waals surface area (Å²) in [5, 5.41) is 5.88. The maximum absolute atomic E-state index is 12.8. The van der Waals surface area contributed by atoms with E-state index in [1.807, 2.05) is 43.3 Å². The highest BCUT2D eigenvalue weighted by Gasteiger charge is 2.19. The van der Waals surface area contributed by atoms with Gasteiger partial charge in [-0.25, -0.2) is 0 Å². The molecular formula is C24H34N4O2. The summed E-state index contributed by atoms with van der Waals surface area (Å²) >= 11 is 0. The van der Waals surface area contributed by atoms with Gasteiger partial charge in [0.2, 0.25) is 5.91 Å². The molecule has 6 heteroatoms. The average Bonchev–Trinajstić information content (AvgIpc) is 2.65. The molecule has 0 spiro atoms. The van der Waals surface area contributed by atoms with Crippen molar-refractivity contribution in [3.05, 3.63) is 53.9 Å². The lowest BCUT2D eigenvalue weighted by atomic mass is 9.84. The Labute approximate surface area is 180 Å². The number of hydrogen-bond acceptors (Lipinski definition) is 4. The van der Waals surface area contributed by atoms with E-state index in [4.69, 9.17) is 0 Å². The highest BCUT2D eigenvalue weighted by atomic mass is 16.2. The molecule has 1 aromatic heterocycles. The standard InChI is InChI=1S/C24H34N4O2/c1-17(14-24(2,3)4)12-22(29)27-19-9-10-21(28(5)6)20(13-19)23(30)26-16-18-8-7-11-25-15-18/h7-11,13,15,17H,12,14,16H2,1-6H3,(H,26,30)(H,27,29)/t17-/m1/s1. The van der Waals surface area contributed by atoms with Crippen LogP contribution >= 0.6 is 0 Å². The molecule has 0 saturated carbocycles. The summed E-state index contributed by atoms with van der Waals surface area (Å²) in [7, 11) is 3.78. The van der Waals surface area contributed by atoms with Crippen molar-refractivity contribution < 1.29 is 9.59 Å². The number of amides is 2. The SMILES string of the molecule is C[C@H](CC(=O)Nc1ccc(N(C)C)c(C(=O)NCc2cccnc2)c1)CC(C)(C)C. The van der Waals surface area contributed by atoms with Crippen molar-refractivity contribution in [3.8, 4) is 0 Å². The summed E-state index contributed by atoms with van der Waals surface area (Å²) in [6.45, 7) is 9.02. The van der Waals surface area contributed by atoms with E-state index < -0.39 is 0 Å². The predicted molar refractivity (Wildman–Crippen MR) is 123 cm³/mol. The van der Waals surface area contributed by atoms with Crippen LogP contribution in [-0.2, 0) is 11.3 Å². The predicted octanol–water partition coefficient (Wildman–Crippen LogP) is 4.48. The Kier molecular flexibility index (Phi) is 7.98. The van der Waals surface area contributed by atoms with Gasteiger partial charge in [0.15, 0.2) is 0 Å². The van der Waals surface area contributed by atoms with E-state index in [9.17, 15) is 9.59 Å². The van der Waals surface area contributed by atoms with Crippen LogP contribution in [0.15, 0.2) is 42.7 Å². The van der Waals surface area contributed by atoms with Crippen molar-refractivity contribution in [2.75, 3.05) is 24.3 Å². The lowest BCUT2D eigenvalue weighted by Crippen LogP contribution is -2.26. The van der Waals surface area contributed by atoms with Gasteiger partial charge in [-0.15, -0.1) is 0 Å². The van der Waals surface area contributed by atoms with Crippen molar-refractivity contribution in [1.29, 1.82) is 0 Å². The van der Waals surface area contributed by atoms with Gasteiger partial charge in [-0.05, 0) is 47.6 Å². The van der Waals surface area contributed by atoms with Crippen LogP contribution in [0.5, 0.6) is 0 Å². The van der Waals surface area contributed by atoms with Gasteiger partial charge in [0, 0.05) is 50.8 Å². The normalized spacial score (nSPS) is 12.2. The minimum atomic E-state index is -0.195. The van der Waals surface area contributed by atoms with Crippen molar-refractivity contribution >= 4 is 23.2 Å². The van der Waals surface area contributed by atoms with E-state index in [2.05, 4.69) is 43.3 Å². The zero-order chi connectivity index (χ0) is 22.3. The molecule has 0 saturated heterocycles. The Hall–Kier alpha value is -2.89. The van der Waals surface area contributed by atoms with Gasteiger partial charge in [-0.3, -0.25) is 14.6 Å². The molecule has 0 unspecified atom stereocenters. The number of aromatic nitrogens is 1. The Bertz CT molecular complexity index is 857. The first-order valence-electron chi connectivity index (χ1n) is 10.3. The van der Waals surface area contributed by atoms with Crippen LogP contribution in [0.3, 0.4) is 0 Å². The fraction of sp³-hybridized carbons (Fsp3) is 0.458. The van der Waals surface area contributed by atoms with E-state index in [-0.39, 0.29) is 23.1 Å². The number of benzene rings is 1. The highest BCUT2D eigenvalue weighted by Crippen LogP contribution is 2.27. The Morgan fingerprint density at radius 2 is 1.90 bits per heavy atom. The number of rotatable bonds is 8. The third-order valence-electron chi connectivity index (χ3n) is 4.68. The average molecular weight is 411 g/mol. The zero-order valence-electron chi connectivity index (χ0n) is 19.0. The minimum Gasteiger partial charge on any atom is -0.377 e. The first-order chi connectivity index (χ1) is 14.0. The number of anilines is 2. The lowest BCUT2D eigenvalue weighted by molar-refractivity contribution is -0.117. The van der Waals surface area contributed by atoms with Crippen LogP contribution in [0.25, 0.3) is 0 Å². The maximum atomic E-state index is 12.8. The molecule has 30 heavy (non-hydrogen) atoms. The van der Waals surface area contributed by atoms with Crippen LogP contribution in [0, 0.1) is 11.3 Å². The molecule has 0 aliphatic carbocycles. The summed E-state index contributed by atoms with van der Waals surface area (Å²) in [5.74, 6) is 0.0547. The summed E-state index contributed by atoms with van der Waals surface area (Å²) in [4.78, 5) is 31.3. The Balaban J connectivity index is 2.09. The highest BCUT2D eigenvalue weighted by molar-refractivity contribution is 6.02. The number of nitrogens with one attached hydrogen (secondary N) is 2. The second-order valence-electron chi connectivity index (χ2n) is 9.29. The second-order valence-corrected chi connectivity index (χ2v) is 9.29. The van der Waals surface area contributed by atoms with Gasteiger partial charge in [0.1, 0.15) is 0 Å². The smallest absolute Gasteiger partial charge is 0.253 e. The molecule has 2 aromatic rings. The molecule has 2 N–H and O–H groups in total. The first kappa shape index (κ1) is 23.4. The molecule has 2 amide bonds. The summed E-state index contributed by atoms with van der Waals surface area (Å²) in [6, 6.07) is 9.17. The van der Waals surface area contributed by atoms with Gasteiger partial charge in [0.25, 0.3) is 5.91 Å². The number of pyridine rings is 1. The number of nitrogens with zero attached hydrogens (tertiary/aromatic N) is 2. The monoisotopic (exact) mass is 410 g/mol. The third-order valence-corrected chi connectivity index (χ3v) is 4.68. The molecule has 0 aliphatic heterocycles. The first-order valence-corrected chi connectivity index (χ1v) is 10.3. The van der Waals surface area contributed by atoms with Gasteiger partial charge in [-0.2, -0.15) is 0 Å². The van der Waals surface area contributed by atoms with Crippen LogP contribution in [0.1, 0.15) is 56.5 Å². The maximum Gasteiger partial charge on any atom is 0.253 e. The van der Waals surface area contributed by atoms with E-state index in [0.717, 1.165) is 17.7 Å². The lowest BCUT2D eigenvalue weighted by Gasteiger charge is -2.23. The van der Waals surface area contributed by atoms with E-state index in [1.165, 1.54) is 0 Å². The molecule has 0 aliphatic rings. The third kappa shape index (κ3) is 7.50. The molecule has 2 rings (SSSR count). The van der Waals surface area contributed by atoms with Crippen molar-refractivity contribution in [3.63, 3.8) is 0 Å². The van der Waals surface area contributed by atoms with E-state index in [1.54, 1.807) is 18.5 Å². The van der Waals surface area contributed by atoms with Gasteiger partial charge >= 0.3 is 0 Å². The quantitative estimate of drug-likeness (QED) is 0.673. The number of carbonyl (C=O) groups is 2. The van der Waals surface area contributed by atoms with Gasteiger partial charge in [0.05, 0.1) is 5.56 Å². The largest absolute Gasteiger partial charge is 0.377 e. The topological polar surface area (TPSA) is 74.3 Å². The van der Waals surface area contributed by atoms with Crippen molar-refractivity contribution in [2.45, 2.75) is 47.1 Å². The Morgan fingerprint density at radius 3 is 2.50 bits per heavy atom. The molecule has 0 radical (unpaired) electrons. The number of hydrogen-bond donors (Lipinski definition) is 2. The fourth-order valence-corrected chi connectivity index (χ4v) is 3.61. The Morgan fingerprint density at radius 1 is 1.17 bits per heavy atom. The van der Waals surface area contributed by atoms with Crippen LogP contribution in [0.4, 0.5) is 11.4 Å². The molecule has 1 aromatic carbocycles. The molecule has 1 heterocycles. The minimum absolute atomic E-state index is 0.0360. The van der Waals surface area contributed by atoms with Crippen LogP contribution in [0.2, 0.25) is 0 Å². The molecule has 0 fully saturated rings. The molecular weight excluding hydrogens is 376 g/mol. The second kappa shape index (κ2) is 10.2. The molecule has 0 bridgehead atoms. The fourth-order valence-electron chi connectivity index (χ4n) is 3.61. The van der Waals surface area contributed by atoms with Crippen molar-refractivity contribution in [1.82, 2.24) is 10.3 Å². The van der Waals surface area contributed by atoms with Crippen molar-refractivity contribution in [2.24, 2.45) is 11.3 Å². The van der Waals surface area contributed by atoms with Gasteiger partial charge in [-0.1, -0.05) is 33.8 Å². The van der Waals surface area contributed by atoms with Crippen LogP contribution < -0.4 is 15.5 Å². The van der Waals surface area contributed by atoms with E-state index in [0.29, 0.717) is 24.2 Å².